The van der Waals surface area contributed by atoms with E-state index < -0.39 is 22.7 Å². The first-order valence-electron chi connectivity index (χ1n) is 7.45. The number of rotatable bonds is 3. The van der Waals surface area contributed by atoms with Crippen molar-refractivity contribution in [2.75, 3.05) is 25.6 Å². The summed E-state index contributed by atoms with van der Waals surface area (Å²) in [5.74, 6) is 0.365. The smallest absolute Gasteiger partial charge is 0.417 e. The van der Waals surface area contributed by atoms with Crippen LogP contribution in [0.25, 0.3) is 0 Å². The van der Waals surface area contributed by atoms with Crippen LogP contribution in [0.2, 0.25) is 5.02 Å². The Morgan fingerprint density at radius 2 is 1.92 bits per heavy atom. The Labute approximate surface area is 151 Å². The lowest BCUT2D eigenvalue weighted by atomic mass is 10.1. The number of benzene rings is 2. The average Bonchev–Trinajstić information content (AvgIpc) is 2.61. The number of carbonyl (C=O) groups excluding carboxylic acids is 1. The molecule has 3 rings (SSSR count). The molecule has 1 N–H and O–H groups in total. The van der Waals surface area contributed by atoms with Gasteiger partial charge in [-0.2, -0.15) is 13.2 Å². The van der Waals surface area contributed by atoms with E-state index in [-0.39, 0.29) is 11.3 Å². The predicted molar refractivity (Wildman–Crippen MR) is 88.4 cm³/mol. The minimum Gasteiger partial charge on any atom is -0.493 e. The van der Waals surface area contributed by atoms with Gasteiger partial charge in [0.05, 0.1) is 17.7 Å². The van der Waals surface area contributed by atoms with E-state index in [4.69, 9.17) is 25.8 Å². The van der Waals surface area contributed by atoms with E-state index in [0.29, 0.717) is 30.5 Å². The molecule has 0 radical (unpaired) electrons. The van der Waals surface area contributed by atoms with Gasteiger partial charge in [-0.15, -0.1) is 0 Å². The van der Waals surface area contributed by atoms with Crippen molar-refractivity contribution in [3.63, 3.8) is 0 Å². The van der Waals surface area contributed by atoms with Gasteiger partial charge in [0, 0.05) is 11.3 Å². The Hall–Kier alpha value is -2.61. The molecule has 1 aliphatic heterocycles. The van der Waals surface area contributed by atoms with Gasteiger partial charge in [-0.1, -0.05) is 11.6 Å². The molecule has 2 aromatic carbocycles. The van der Waals surface area contributed by atoms with Crippen LogP contribution < -0.4 is 19.5 Å². The Balaban J connectivity index is 1.89. The maximum atomic E-state index is 12.9. The molecule has 1 amide bonds. The Bertz CT molecular complexity index is 837. The number of alkyl halides is 3. The van der Waals surface area contributed by atoms with Crippen molar-refractivity contribution in [2.45, 2.75) is 6.18 Å². The molecule has 0 saturated heterocycles. The first kappa shape index (κ1) is 18.2. The second kappa shape index (κ2) is 6.95. The highest BCUT2D eigenvalue weighted by molar-refractivity contribution is 6.31. The second-order valence-electron chi connectivity index (χ2n) is 5.35. The maximum absolute atomic E-state index is 12.9. The van der Waals surface area contributed by atoms with E-state index in [1.165, 1.54) is 25.3 Å². The van der Waals surface area contributed by atoms with Crippen LogP contribution >= 0.6 is 11.6 Å². The molecule has 0 atom stereocenters. The van der Waals surface area contributed by atoms with Gasteiger partial charge in [0.15, 0.2) is 11.5 Å². The number of ether oxygens (including phenoxy) is 3. The van der Waals surface area contributed by atoms with E-state index in [2.05, 4.69) is 5.32 Å². The lowest BCUT2D eigenvalue weighted by molar-refractivity contribution is -0.137. The topological polar surface area (TPSA) is 56.8 Å². The molecule has 9 heteroatoms. The summed E-state index contributed by atoms with van der Waals surface area (Å²) < 4.78 is 54.9. The van der Waals surface area contributed by atoms with Gasteiger partial charge >= 0.3 is 6.18 Å². The molecule has 1 heterocycles. The van der Waals surface area contributed by atoms with Crippen LogP contribution in [0.15, 0.2) is 30.3 Å². The first-order valence-corrected chi connectivity index (χ1v) is 7.83. The fourth-order valence-corrected chi connectivity index (χ4v) is 2.65. The monoisotopic (exact) mass is 387 g/mol. The molecule has 0 aliphatic carbocycles. The van der Waals surface area contributed by atoms with Gasteiger partial charge in [-0.05, 0) is 30.3 Å². The fraction of sp³-hybridized carbons (Fsp3) is 0.235. The molecule has 2 aromatic rings. The van der Waals surface area contributed by atoms with Crippen LogP contribution in [0.5, 0.6) is 17.2 Å². The number of anilines is 1. The number of fused-ring (bicyclic) bond motifs is 1. The van der Waals surface area contributed by atoms with Gasteiger partial charge in [0.2, 0.25) is 5.75 Å². The van der Waals surface area contributed by atoms with Crippen LogP contribution in [0.3, 0.4) is 0 Å². The third kappa shape index (κ3) is 3.65. The minimum absolute atomic E-state index is 0.0411. The summed E-state index contributed by atoms with van der Waals surface area (Å²) in [6, 6.07) is 5.99. The van der Waals surface area contributed by atoms with Crippen LogP contribution in [0, 0.1) is 0 Å². The van der Waals surface area contributed by atoms with Crippen molar-refractivity contribution < 1.29 is 32.2 Å². The maximum Gasteiger partial charge on any atom is 0.417 e. The van der Waals surface area contributed by atoms with Crippen molar-refractivity contribution >= 4 is 23.2 Å². The van der Waals surface area contributed by atoms with Crippen molar-refractivity contribution in [1.29, 1.82) is 0 Å². The van der Waals surface area contributed by atoms with Crippen molar-refractivity contribution in [1.82, 2.24) is 0 Å². The van der Waals surface area contributed by atoms with Gasteiger partial charge < -0.3 is 19.5 Å². The molecular weight excluding hydrogens is 375 g/mol. The summed E-state index contributed by atoms with van der Waals surface area (Å²) in [5.41, 5.74) is -0.924. The highest BCUT2D eigenvalue weighted by atomic mass is 35.5. The fourth-order valence-electron chi connectivity index (χ4n) is 2.43. The van der Waals surface area contributed by atoms with Gasteiger partial charge in [-0.25, -0.2) is 0 Å². The molecule has 0 saturated carbocycles. The summed E-state index contributed by atoms with van der Waals surface area (Å²) in [4.78, 5) is 12.4. The number of carbonyl (C=O) groups is 1. The third-order valence-corrected chi connectivity index (χ3v) is 3.95. The van der Waals surface area contributed by atoms with Crippen molar-refractivity contribution in [2.24, 2.45) is 0 Å². The molecule has 26 heavy (non-hydrogen) atoms. The molecule has 138 valence electrons. The molecular formula is C17H13ClF3NO4. The first-order chi connectivity index (χ1) is 12.3. The number of nitrogens with one attached hydrogen (secondary N) is 1. The number of hydrogen-bond donors (Lipinski definition) is 1. The average molecular weight is 388 g/mol. The van der Waals surface area contributed by atoms with E-state index >= 15 is 0 Å². The van der Waals surface area contributed by atoms with Gasteiger partial charge in [0.25, 0.3) is 5.91 Å². The van der Waals surface area contributed by atoms with Crippen molar-refractivity contribution in [3.05, 3.63) is 46.5 Å². The van der Waals surface area contributed by atoms with E-state index in [1.807, 2.05) is 0 Å². The molecule has 1 aliphatic rings. The standard InChI is InChI=1S/C17H13ClF3NO4/c1-24-13-6-9(7-14-15(13)26-5-4-25-14)16(23)22-10-2-3-12(18)11(8-10)17(19,20)21/h2-3,6-8H,4-5H2,1H3,(H,22,23). The van der Waals surface area contributed by atoms with Gasteiger partial charge in [-0.3, -0.25) is 4.79 Å². The van der Waals surface area contributed by atoms with E-state index in [0.717, 1.165) is 12.1 Å². The summed E-state index contributed by atoms with van der Waals surface area (Å²) in [6.45, 7) is 0.660. The number of methoxy groups -OCH3 is 1. The highest BCUT2D eigenvalue weighted by Crippen LogP contribution is 2.41. The number of amides is 1. The molecule has 0 bridgehead atoms. The Morgan fingerprint density at radius 3 is 2.62 bits per heavy atom. The van der Waals surface area contributed by atoms with Gasteiger partial charge in [0.1, 0.15) is 13.2 Å². The van der Waals surface area contributed by atoms with E-state index in [9.17, 15) is 18.0 Å². The quantitative estimate of drug-likeness (QED) is 0.848. The molecule has 0 unspecified atom stereocenters. The predicted octanol–water partition coefficient (Wildman–Crippen LogP) is 4.39. The second-order valence-corrected chi connectivity index (χ2v) is 5.76. The number of hydrogen-bond acceptors (Lipinski definition) is 4. The zero-order valence-electron chi connectivity index (χ0n) is 13.4. The van der Waals surface area contributed by atoms with Crippen LogP contribution in [-0.2, 0) is 6.18 Å². The Kier molecular flexibility index (Phi) is 4.86. The van der Waals surface area contributed by atoms with E-state index in [1.54, 1.807) is 0 Å². The zero-order valence-corrected chi connectivity index (χ0v) is 14.2. The summed E-state index contributed by atoms with van der Waals surface area (Å²) in [5, 5.41) is 1.96. The number of halogens is 4. The Morgan fingerprint density at radius 1 is 1.19 bits per heavy atom. The summed E-state index contributed by atoms with van der Waals surface area (Å²) in [6.07, 6.45) is -4.63. The third-order valence-electron chi connectivity index (χ3n) is 3.62. The largest absolute Gasteiger partial charge is 0.493 e. The normalized spacial score (nSPS) is 13.3. The highest BCUT2D eigenvalue weighted by Gasteiger charge is 2.33. The summed E-state index contributed by atoms with van der Waals surface area (Å²) >= 11 is 5.57. The van der Waals surface area contributed by atoms with Crippen molar-refractivity contribution in [3.8, 4) is 17.2 Å². The zero-order chi connectivity index (χ0) is 18.9. The van der Waals surface area contributed by atoms with Crippen LogP contribution in [0.4, 0.5) is 18.9 Å². The van der Waals surface area contributed by atoms with Crippen LogP contribution in [-0.4, -0.2) is 26.2 Å². The SMILES string of the molecule is COc1cc(C(=O)Nc2ccc(Cl)c(C(F)(F)F)c2)cc2c1OCCO2. The molecule has 0 spiro atoms. The van der Waals surface area contributed by atoms with Crippen LogP contribution in [0.1, 0.15) is 15.9 Å². The molecule has 0 aromatic heterocycles. The molecule has 0 fully saturated rings. The lowest BCUT2D eigenvalue weighted by Gasteiger charge is -2.21. The minimum atomic E-state index is -4.63. The molecule has 5 nitrogen and oxygen atoms in total. The lowest BCUT2D eigenvalue weighted by Crippen LogP contribution is -2.18. The summed E-state index contributed by atoms with van der Waals surface area (Å²) in [7, 11) is 1.41.